The van der Waals surface area contributed by atoms with Crippen LogP contribution < -0.4 is 5.32 Å². The number of aliphatic imine (C=N–C) groups is 1. The molecule has 1 aliphatic heterocycles. The number of hydrogen-bond acceptors (Lipinski definition) is 2. The first kappa shape index (κ1) is 11.7. The molecule has 1 aromatic carbocycles. The minimum atomic E-state index is -0.0179. The zero-order valence-corrected chi connectivity index (χ0v) is 11.1. The molecule has 0 saturated carbocycles. The number of benzene rings is 1. The summed E-state index contributed by atoms with van der Waals surface area (Å²) in [6.07, 6.45) is 0.900. The summed E-state index contributed by atoms with van der Waals surface area (Å²) in [6, 6.07) is 3.64. The Morgan fingerprint density at radius 3 is 2.56 bits per heavy atom. The van der Waals surface area contributed by atoms with Crippen molar-refractivity contribution in [2.75, 3.05) is 5.32 Å². The van der Waals surface area contributed by atoms with Gasteiger partial charge in [0.15, 0.2) is 0 Å². The second-order valence-electron chi connectivity index (χ2n) is 4.82. The van der Waals surface area contributed by atoms with Crippen molar-refractivity contribution in [1.29, 1.82) is 0 Å². The van der Waals surface area contributed by atoms with E-state index in [1.54, 1.807) is 6.07 Å². The van der Waals surface area contributed by atoms with E-state index in [9.17, 15) is 0 Å². The summed E-state index contributed by atoms with van der Waals surface area (Å²) in [7, 11) is 0. The maximum Gasteiger partial charge on any atom is 0.0876 e. The largest absolute Gasteiger partial charge is 0.378 e. The van der Waals surface area contributed by atoms with Crippen LogP contribution in [0, 0.1) is 0 Å². The van der Waals surface area contributed by atoms with E-state index in [2.05, 4.69) is 24.2 Å². The Bertz CT molecular complexity index is 464. The van der Waals surface area contributed by atoms with Crippen molar-refractivity contribution in [3.05, 3.63) is 22.2 Å². The van der Waals surface area contributed by atoms with Gasteiger partial charge in [0.1, 0.15) is 0 Å². The van der Waals surface area contributed by atoms with Gasteiger partial charge in [-0.2, -0.15) is 0 Å². The van der Waals surface area contributed by atoms with Crippen LogP contribution in [0.15, 0.2) is 17.1 Å². The van der Waals surface area contributed by atoms with Crippen molar-refractivity contribution in [2.24, 2.45) is 4.99 Å². The third-order valence-electron chi connectivity index (χ3n) is 2.52. The molecule has 0 bridgehead atoms. The van der Waals surface area contributed by atoms with Gasteiger partial charge in [0.05, 0.1) is 21.4 Å². The third-order valence-corrected chi connectivity index (χ3v) is 3.24. The fourth-order valence-corrected chi connectivity index (χ4v) is 2.34. The quantitative estimate of drug-likeness (QED) is 0.716. The molecule has 0 unspecified atom stereocenters. The smallest absolute Gasteiger partial charge is 0.0876 e. The van der Waals surface area contributed by atoms with E-state index in [0.29, 0.717) is 10.0 Å². The van der Waals surface area contributed by atoms with Crippen LogP contribution in [-0.2, 0) is 0 Å². The van der Waals surface area contributed by atoms with Gasteiger partial charge in [0, 0.05) is 17.7 Å². The molecule has 4 heteroatoms. The second kappa shape index (κ2) is 3.94. The fourth-order valence-electron chi connectivity index (χ4n) is 2.02. The molecule has 0 aromatic heterocycles. The van der Waals surface area contributed by atoms with Crippen molar-refractivity contribution in [3.8, 4) is 0 Å². The van der Waals surface area contributed by atoms with Crippen LogP contribution >= 0.6 is 23.2 Å². The first-order valence-corrected chi connectivity index (χ1v) is 5.94. The fraction of sp³-hybridized carbons (Fsp3) is 0.417. The van der Waals surface area contributed by atoms with E-state index in [1.165, 1.54) is 0 Å². The topological polar surface area (TPSA) is 24.4 Å². The summed E-state index contributed by atoms with van der Waals surface area (Å²) < 4.78 is 0. The molecule has 0 fully saturated rings. The SMILES string of the molecule is CC1=Nc2cc(Cl)c(Cl)cc2NC(C)(C)C1. The van der Waals surface area contributed by atoms with E-state index in [4.69, 9.17) is 23.2 Å². The molecular formula is C12H14Cl2N2. The van der Waals surface area contributed by atoms with Gasteiger partial charge in [-0.1, -0.05) is 23.2 Å². The van der Waals surface area contributed by atoms with E-state index in [0.717, 1.165) is 23.5 Å². The minimum Gasteiger partial charge on any atom is -0.378 e. The number of nitrogens with one attached hydrogen (secondary N) is 1. The summed E-state index contributed by atoms with van der Waals surface area (Å²) in [5, 5.41) is 4.53. The first-order chi connectivity index (χ1) is 7.37. The van der Waals surface area contributed by atoms with E-state index in [1.807, 2.05) is 13.0 Å². The highest BCUT2D eigenvalue weighted by molar-refractivity contribution is 6.42. The lowest BCUT2D eigenvalue weighted by molar-refractivity contribution is 0.595. The zero-order valence-electron chi connectivity index (χ0n) is 9.56. The average molecular weight is 257 g/mol. The Morgan fingerprint density at radius 2 is 1.88 bits per heavy atom. The maximum atomic E-state index is 6.01. The molecule has 1 aromatic rings. The van der Waals surface area contributed by atoms with Gasteiger partial charge in [-0.05, 0) is 32.9 Å². The molecule has 1 aliphatic rings. The molecule has 0 saturated heterocycles. The van der Waals surface area contributed by atoms with Crippen LogP contribution in [0.4, 0.5) is 11.4 Å². The Kier molecular flexibility index (Phi) is 2.89. The lowest BCUT2D eigenvalue weighted by Crippen LogP contribution is -2.31. The first-order valence-electron chi connectivity index (χ1n) is 5.19. The monoisotopic (exact) mass is 256 g/mol. The van der Waals surface area contributed by atoms with Crippen molar-refractivity contribution < 1.29 is 0 Å². The molecule has 0 aliphatic carbocycles. The van der Waals surface area contributed by atoms with Gasteiger partial charge in [-0.3, -0.25) is 4.99 Å². The number of hydrogen-bond donors (Lipinski definition) is 1. The molecule has 1 heterocycles. The molecule has 2 rings (SSSR count). The Hall–Kier alpha value is -0.730. The van der Waals surface area contributed by atoms with Gasteiger partial charge < -0.3 is 5.32 Å². The highest BCUT2D eigenvalue weighted by Crippen LogP contribution is 2.38. The normalized spacial score (nSPS) is 18.2. The number of rotatable bonds is 0. The van der Waals surface area contributed by atoms with Crippen molar-refractivity contribution in [3.63, 3.8) is 0 Å². The average Bonchev–Trinajstić information content (AvgIpc) is 2.21. The molecule has 1 N–H and O–H groups in total. The van der Waals surface area contributed by atoms with Crippen LogP contribution in [-0.4, -0.2) is 11.3 Å². The van der Waals surface area contributed by atoms with E-state index < -0.39 is 0 Å². The lowest BCUT2D eigenvalue weighted by Gasteiger charge is -2.25. The van der Waals surface area contributed by atoms with Crippen molar-refractivity contribution >= 4 is 40.3 Å². The number of halogens is 2. The molecule has 86 valence electrons. The molecule has 0 amide bonds. The number of fused-ring (bicyclic) bond motifs is 1. The number of anilines is 1. The van der Waals surface area contributed by atoms with Crippen LogP contribution in [0.25, 0.3) is 0 Å². The van der Waals surface area contributed by atoms with Crippen molar-refractivity contribution in [2.45, 2.75) is 32.7 Å². The highest BCUT2D eigenvalue weighted by Gasteiger charge is 2.23. The summed E-state index contributed by atoms with van der Waals surface area (Å²) >= 11 is 12.0. The standard InChI is InChI=1S/C12H14Cl2N2/c1-7-6-12(2,3)16-11-5-9(14)8(13)4-10(11)15-7/h4-5,16H,6H2,1-3H3. The zero-order chi connectivity index (χ0) is 11.9. The molecule has 2 nitrogen and oxygen atoms in total. The minimum absolute atomic E-state index is 0.0179. The predicted octanol–water partition coefficient (Wildman–Crippen LogP) is 4.68. The Balaban J connectivity index is 2.57. The van der Waals surface area contributed by atoms with Gasteiger partial charge >= 0.3 is 0 Å². The molecule has 0 radical (unpaired) electrons. The van der Waals surface area contributed by atoms with E-state index >= 15 is 0 Å². The maximum absolute atomic E-state index is 6.01. The Morgan fingerprint density at radius 1 is 1.25 bits per heavy atom. The van der Waals surface area contributed by atoms with Gasteiger partial charge in [-0.15, -0.1) is 0 Å². The highest BCUT2D eigenvalue weighted by atomic mass is 35.5. The second-order valence-corrected chi connectivity index (χ2v) is 5.63. The van der Waals surface area contributed by atoms with Crippen LogP contribution in [0.5, 0.6) is 0 Å². The molecule has 16 heavy (non-hydrogen) atoms. The third kappa shape index (κ3) is 2.33. The number of nitrogens with zero attached hydrogens (tertiary/aromatic N) is 1. The van der Waals surface area contributed by atoms with Gasteiger partial charge in [0.25, 0.3) is 0 Å². The lowest BCUT2D eigenvalue weighted by atomic mass is 9.98. The summed E-state index contributed by atoms with van der Waals surface area (Å²) in [5.41, 5.74) is 2.87. The summed E-state index contributed by atoms with van der Waals surface area (Å²) in [5.74, 6) is 0. The van der Waals surface area contributed by atoms with E-state index in [-0.39, 0.29) is 5.54 Å². The molecule has 0 atom stereocenters. The van der Waals surface area contributed by atoms with Gasteiger partial charge in [0.2, 0.25) is 0 Å². The van der Waals surface area contributed by atoms with Crippen molar-refractivity contribution in [1.82, 2.24) is 0 Å². The summed E-state index contributed by atoms with van der Waals surface area (Å²) in [6.45, 7) is 6.31. The summed E-state index contributed by atoms with van der Waals surface area (Å²) in [4.78, 5) is 4.55. The predicted molar refractivity (Wildman–Crippen MR) is 71.5 cm³/mol. The van der Waals surface area contributed by atoms with Gasteiger partial charge in [-0.25, -0.2) is 0 Å². The molecule has 0 spiro atoms. The van der Waals surface area contributed by atoms with Crippen LogP contribution in [0.3, 0.4) is 0 Å². The Labute approximate surface area is 106 Å². The van der Waals surface area contributed by atoms with Crippen LogP contribution in [0.2, 0.25) is 10.0 Å². The molecular weight excluding hydrogens is 243 g/mol. The van der Waals surface area contributed by atoms with Crippen LogP contribution in [0.1, 0.15) is 27.2 Å².